The maximum absolute atomic E-state index is 11.0. The normalized spacial score (nSPS) is 28.1. The summed E-state index contributed by atoms with van der Waals surface area (Å²) < 4.78 is 0. The maximum atomic E-state index is 11.0. The quantitative estimate of drug-likeness (QED) is 0.814. The standard InChI is InChI=1S/C14H30N2O/c1-12(2)10-16-9-7-8-14(17,11-16)13(3,4)15(5)6/h12,17H,7-11H2,1-6H3. The molecule has 0 aromatic rings. The third-order valence-corrected chi connectivity index (χ3v) is 4.43. The predicted molar refractivity (Wildman–Crippen MR) is 73.2 cm³/mol. The van der Waals surface area contributed by atoms with E-state index in [-0.39, 0.29) is 5.54 Å². The molecule has 1 atom stereocenters. The number of aliphatic hydroxyl groups is 1. The van der Waals surface area contributed by atoms with Gasteiger partial charge in [-0.1, -0.05) is 13.8 Å². The molecule has 3 heteroatoms. The summed E-state index contributed by atoms with van der Waals surface area (Å²) in [5, 5.41) is 11.0. The molecule has 0 radical (unpaired) electrons. The van der Waals surface area contributed by atoms with Crippen molar-refractivity contribution in [2.75, 3.05) is 33.7 Å². The van der Waals surface area contributed by atoms with Gasteiger partial charge in [0.25, 0.3) is 0 Å². The van der Waals surface area contributed by atoms with Crippen molar-refractivity contribution in [2.24, 2.45) is 5.92 Å². The zero-order valence-electron chi connectivity index (χ0n) is 12.5. The second-order valence-electron chi connectivity index (χ2n) is 6.72. The van der Waals surface area contributed by atoms with Crippen molar-refractivity contribution in [3.63, 3.8) is 0 Å². The first-order valence-electron chi connectivity index (χ1n) is 6.81. The highest BCUT2D eigenvalue weighted by Crippen LogP contribution is 2.34. The number of nitrogens with zero attached hydrogens (tertiary/aromatic N) is 2. The Bertz CT molecular complexity index is 251. The van der Waals surface area contributed by atoms with Crippen LogP contribution in [-0.2, 0) is 0 Å². The van der Waals surface area contributed by atoms with Crippen LogP contribution in [0.4, 0.5) is 0 Å². The number of piperidine rings is 1. The van der Waals surface area contributed by atoms with Crippen LogP contribution in [0.5, 0.6) is 0 Å². The number of hydrogen-bond acceptors (Lipinski definition) is 3. The summed E-state index contributed by atoms with van der Waals surface area (Å²) in [6.07, 6.45) is 2.01. The molecular formula is C14H30N2O. The van der Waals surface area contributed by atoms with E-state index in [1.54, 1.807) is 0 Å². The van der Waals surface area contributed by atoms with Gasteiger partial charge in [-0.15, -0.1) is 0 Å². The Hall–Kier alpha value is -0.120. The molecule has 0 amide bonds. The largest absolute Gasteiger partial charge is 0.387 e. The lowest BCUT2D eigenvalue weighted by molar-refractivity contribution is -0.122. The van der Waals surface area contributed by atoms with Crippen molar-refractivity contribution >= 4 is 0 Å². The summed E-state index contributed by atoms with van der Waals surface area (Å²) in [6, 6.07) is 0. The average Bonchev–Trinajstić information content (AvgIpc) is 2.15. The molecule has 0 aromatic heterocycles. The molecule has 3 nitrogen and oxygen atoms in total. The molecule has 0 spiro atoms. The van der Waals surface area contributed by atoms with E-state index >= 15 is 0 Å². The molecule has 0 aromatic carbocycles. The SMILES string of the molecule is CC(C)CN1CCCC(O)(C(C)(C)N(C)C)C1. The van der Waals surface area contributed by atoms with Gasteiger partial charge in [0, 0.05) is 18.6 Å². The van der Waals surface area contributed by atoms with Crippen LogP contribution in [0.25, 0.3) is 0 Å². The summed E-state index contributed by atoms with van der Waals surface area (Å²) in [7, 11) is 4.11. The maximum Gasteiger partial charge on any atom is 0.0951 e. The second-order valence-corrected chi connectivity index (χ2v) is 6.72. The fraction of sp³-hybridized carbons (Fsp3) is 1.00. The van der Waals surface area contributed by atoms with Gasteiger partial charge in [-0.25, -0.2) is 0 Å². The van der Waals surface area contributed by atoms with E-state index in [0.717, 1.165) is 32.5 Å². The zero-order valence-corrected chi connectivity index (χ0v) is 12.5. The lowest BCUT2D eigenvalue weighted by Crippen LogP contribution is -2.65. The van der Waals surface area contributed by atoms with Crippen molar-refractivity contribution in [1.82, 2.24) is 9.80 Å². The van der Waals surface area contributed by atoms with Crippen molar-refractivity contribution in [3.8, 4) is 0 Å². The molecule has 1 aliphatic heterocycles. The fourth-order valence-electron chi connectivity index (χ4n) is 2.71. The molecule has 1 unspecified atom stereocenters. The van der Waals surface area contributed by atoms with E-state index in [4.69, 9.17) is 0 Å². The molecule has 17 heavy (non-hydrogen) atoms. The first-order chi connectivity index (χ1) is 7.69. The van der Waals surface area contributed by atoms with E-state index in [1.807, 2.05) is 0 Å². The summed E-state index contributed by atoms with van der Waals surface area (Å²) >= 11 is 0. The number of β-amino-alcohol motifs (C(OH)–C–C–N with tert-alkyl or cyclic N) is 1. The van der Waals surface area contributed by atoms with Crippen molar-refractivity contribution in [3.05, 3.63) is 0 Å². The van der Waals surface area contributed by atoms with Crippen LogP contribution in [0.2, 0.25) is 0 Å². The topological polar surface area (TPSA) is 26.7 Å². The minimum absolute atomic E-state index is 0.178. The summed E-state index contributed by atoms with van der Waals surface area (Å²) in [5.74, 6) is 0.666. The van der Waals surface area contributed by atoms with Gasteiger partial charge in [-0.05, 0) is 53.2 Å². The molecule has 1 fully saturated rings. The van der Waals surface area contributed by atoms with Gasteiger partial charge in [0.1, 0.15) is 0 Å². The predicted octanol–water partition coefficient (Wildman–Crippen LogP) is 1.81. The highest BCUT2D eigenvalue weighted by Gasteiger charge is 2.47. The Balaban J connectivity index is 2.76. The van der Waals surface area contributed by atoms with E-state index in [0.29, 0.717) is 5.92 Å². The molecule has 102 valence electrons. The third kappa shape index (κ3) is 3.21. The van der Waals surface area contributed by atoms with Crippen molar-refractivity contribution in [1.29, 1.82) is 0 Å². The number of likely N-dealkylation sites (N-methyl/N-ethyl adjacent to an activating group) is 1. The minimum Gasteiger partial charge on any atom is -0.387 e. The van der Waals surface area contributed by atoms with Crippen molar-refractivity contribution in [2.45, 2.75) is 51.7 Å². The number of likely N-dealkylation sites (tertiary alicyclic amines) is 1. The van der Waals surface area contributed by atoms with Crippen LogP contribution in [0.15, 0.2) is 0 Å². The Morgan fingerprint density at radius 1 is 1.35 bits per heavy atom. The third-order valence-electron chi connectivity index (χ3n) is 4.43. The van der Waals surface area contributed by atoms with E-state index in [2.05, 4.69) is 51.6 Å². The summed E-state index contributed by atoms with van der Waals surface area (Å²) in [4.78, 5) is 4.56. The molecule has 1 heterocycles. The lowest BCUT2D eigenvalue weighted by Gasteiger charge is -2.51. The number of rotatable bonds is 4. The highest BCUT2D eigenvalue weighted by molar-refractivity contribution is 5.03. The molecule has 0 aliphatic carbocycles. The first kappa shape index (κ1) is 14.9. The van der Waals surface area contributed by atoms with Crippen LogP contribution < -0.4 is 0 Å². The van der Waals surface area contributed by atoms with Gasteiger partial charge in [-0.2, -0.15) is 0 Å². The Labute approximate surface area is 107 Å². The van der Waals surface area contributed by atoms with E-state index in [1.165, 1.54) is 0 Å². The second kappa shape index (κ2) is 5.25. The molecule has 1 aliphatic rings. The van der Waals surface area contributed by atoms with Crippen LogP contribution >= 0.6 is 0 Å². The Morgan fingerprint density at radius 3 is 2.41 bits per heavy atom. The summed E-state index contributed by atoms with van der Waals surface area (Å²) in [6.45, 7) is 11.8. The van der Waals surface area contributed by atoms with Crippen LogP contribution in [0.3, 0.4) is 0 Å². The fourth-order valence-corrected chi connectivity index (χ4v) is 2.71. The van der Waals surface area contributed by atoms with Crippen LogP contribution in [0, 0.1) is 5.92 Å². The van der Waals surface area contributed by atoms with E-state index in [9.17, 15) is 5.11 Å². The summed E-state index contributed by atoms with van der Waals surface area (Å²) in [5.41, 5.74) is -0.772. The van der Waals surface area contributed by atoms with Crippen molar-refractivity contribution < 1.29 is 5.11 Å². The van der Waals surface area contributed by atoms with Gasteiger partial charge in [0.05, 0.1) is 5.60 Å². The lowest BCUT2D eigenvalue weighted by atomic mass is 9.76. The molecular weight excluding hydrogens is 212 g/mol. The first-order valence-corrected chi connectivity index (χ1v) is 6.81. The van der Waals surface area contributed by atoms with Gasteiger partial charge in [-0.3, -0.25) is 0 Å². The molecule has 0 saturated carbocycles. The van der Waals surface area contributed by atoms with E-state index < -0.39 is 5.60 Å². The molecule has 1 N–H and O–H groups in total. The van der Waals surface area contributed by atoms with Crippen LogP contribution in [0.1, 0.15) is 40.5 Å². The highest BCUT2D eigenvalue weighted by atomic mass is 16.3. The smallest absolute Gasteiger partial charge is 0.0951 e. The number of hydrogen-bond donors (Lipinski definition) is 1. The van der Waals surface area contributed by atoms with Gasteiger partial charge in [0.15, 0.2) is 0 Å². The molecule has 0 bridgehead atoms. The minimum atomic E-state index is -0.594. The Kier molecular flexibility index (Phi) is 4.61. The van der Waals surface area contributed by atoms with Gasteiger partial charge < -0.3 is 14.9 Å². The van der Waals surface area contributed by atoms with Gasteiger partial charge >= 0.3 is 0 Å². The molecule has 1 rings (SSSR count). The zero-order chi connectivity index (χ0) is 13.3. The molecule has 1 saturated heterocycles. The van der Waals surface area contributed by atoms with Gasteiger partial charge in [0.2, 0.25) is 0 Å². The Morgan fingerprint density at radius 2 is 1.94 bits per heavy atom. The van der Waals surface area contributed by atoms with Crippen LogP contribution in [-0.4, -0.2) is 59.8 Å². The monoisotopic (exact) mass is 242 g/mol. The average molecular weight is 242 g/mol.